The van der Waals surface area contributed by atoms with Gasteiger partial charge in [0.15, 0.2) is 0 Å². The molecule has 0 bridgehead atoms. The van der Waals surface area contributed by atoms with E-state index in [1.165, 1.54) is 27.8 Å². The number of hydrogen-bond acceptors (Lipinski definition) is 2. The summed E-state index contributed by atoms with van der Waals surface area (Å²) < 4.78 is 0. The van der Waals surface area contributed by atoms with E-state index in [2.05, 4.69) is 54.6 Å². The van der Waals surface area contributed by atoms with E-state index in [0.29, 0.717) is 6.42 Å². The molecule has 3 nitrogen and oxygen atoms in total. The van der Waals surface area contributed by atoms with Gasteiger partial charge in [0.2, 0.25) is 0 Å². The highest BCUT2D eigenvalue weighted by molar-refractivity contribution is 5.84. The van der Waals surface area contributed by atoms with Gasteiger partial charge >= 0.3 is 5.97 Å². The lowest BCUT2D eigenvalue weighted by Crippen LogP contribution is -2.32. The van der Waals surface area contributed by atoms with Crippen molar-refractivity contribution in [1.82, 2.24) is 0 Å². The first kappa shape index (κ1) is 15.6. The molecule has 0 spiro atoms. The van der Waals surface area contributed by atoms with Crippen molar-refractivity contribution in [3.8, 4) is 22.3 Å². The predicted molar refractivity (Wildman–Crippen MR) is 99.4 cm³/mol. The largest absolute Gasteiger partial charge is 0.480 e. The van der Waals surface area contributed by atoms with Gasteiger partial charge in [-0.1, -0.05) is 66.7 Å². The molecule has 0 aliphatic heterocycles. The Hall–Kier alpha value is -2.91. The van der Waals surface area contributed by atoms with E-state index in [1.54, 1.807) is 0 Å². The van der Waals surface area contributed by atoms with Crippen LogP contribution in [0.25, 0.3) is 22.3 Å². The third-order valence-corrected chi connectivity index (χ3v) is 4.89. The lowest BCUT2D eigenvalue weighted by Gasteiger charge is -2.11. The summed E-state index contributed by atoms with van der Waals surface area (Å²) in [6.07, 6.45) is 1.29. The van der Waals surface area contributed by atoms with Gasteiger partial charge in [-0.25, -0.2) is 0 Å². The van der Waals surface area contributed by atoms with Crippen molar-refractivity contribution in [3.63, 3.8) is 0 Å². The summed E-state index contributed by atoms with van der Waals surface area (Å²) in [5, 5.41) is 8.94. The number of carboxylic acids is 1. The van der Waals surface area contributed by atoms with Gasteiger partial charge in [0.1, 0.15) is 6.04 Å². The number of hydrogen-bond donors (Lipinski definition) is 2. The smallest absolute Gasteiger partial charge is 0.320 e. The fourth-order valence-electron chi connectivity index (χ4n) is 3.59. The Morgan fingerprint density at radius 3 is 2.36 bits per heavy atom. The number of carboxylic acid groups (broad SMARTS) is 1. The summed E-state index contributed by atoms with van der Waals surface area (Å²) in [4.78, 5) is 10.9. The van der Waals surface area contributed by atoms with Gasteiger partial charge in [-0.15, -0.1) is 0 Å². The molecule has 0 amide bonds. The van der Waals surface area contributed by atoms with Gasteiger partial charge in [0.25, 0.3) is 0 Å². The standard InChI is InChI=1S/C22H19NO2/c23-21(22(24)25)12-14-8-10-15(11-9-14)17-6-3-7-19-18-5-2-1-4-16(18)13-20(17)19/h1-11,21H,12-13,23H2,(H,24,25)/t21-/m0/s1. The third kappa shape index (κ3) is 2.83. The van der Waals surface area contributed by atoms with Gasteiger partial charge < -0.3 is 10.8 Å². The molecule has 0 saturated carbocycles. The van der Waals surface area contributed by atoms with E-state index in [-0.39, 0.29) is 0 Å². The van der Waals surface area contributed by atoms with Crippen LogP contribution in [0.1, 0.15) is 16.7 Å². The minimum absolute atomic E-state index is 0.341. The van der Waals surface area contributed by atoms with Crippen LogP contribution in [-0.4, -0.2) is 17.1 Å². The summed E-state index contributed by atoms with van der Waals surface area (Å²) in [7, 11) is 0. The third-order valence-electron chi connectivity index (χ3n) is 4.89. The number of nitrogens with two attached hydrogens (primary N) is 1. The molecule has 3 N–H and O–H groups in total. The topological polar surface area (TPSA) is 63.3 Å². The average molecular weight is 329 g/mol. The summed E-state index contributed by atoms with van der Waals surface area (Å²) >= 11 is 0. The molecule has 3 aromatic carbocycles. The minimum Gasteiger partial charge on any atom is -0.480 e. The Bertz CT molecular complexity index is 944. The summed E-state index contributed by atoms with van der Waals surface area (Å²) in [6.45, 7) is 0. The monoisotopic (exact) mass is 329 g/mol. The fraction of sp³-hybridized carbons (Fsp3) is 0.136. The fourth-order valence-corrected chi connectivity index (χ4v) is 3.59. The van der Waals surface area contributed by atoms with Gasteiger partial charge in [0, 0.05) is 0 Å². The number of fused-ring (bicyclic) bond motifs is 3. The van der Waals surface area contributed by atoms with Crippen molar-refractivity contribution in [2.45, 2.75) is 18.9 Å². The van der Waals surface area contributed by atoms with Crippen LogP contribution in [0, 0.1) is 0 Å². The van der Waals surface area contributed by atoms with E-state index >= 15 is 0 Å². The Morgan fingerprint density at radius 2 is 1.60 bits per heavy atom. The Morgan fingerprint density at radius 1 is 0.920 bits per heavy atom. The summed E-state index contributed by atoms with van der Waals surface area (Å²) in [6, 6.07) is 22.2. The predicted octanol–water partition coefficient (Wildman–Crippen LogP) is 3.88. The van der Waals surface area contributed by atoms with Crippen molar-refractivity contribution in [2.75, 3.05) is 0 Å². The zero-order chi connectivity index (χ0) is 17.4. The molecule has 0 saturated heterocycles. The maximum atomic E-state index is 10.9. The van der Waals surface area contributed by atoms with Crippen LogP contribution in [0.3, 0.4) is 0 Å². The highest BCUT2D eigenvalue weighted by Gasteiger charge is 2.21. The second kappa shape index (κ2) is 6.19. The zero-order valence-corrected chi connectivity index (χ0v) is 13.8. The van der Waals surface area contributed by atoms with Gasteiger partial charge in [-0.05, 0) is 51.8 Å². The first-order valence-electron chi connectivity index (χ1n) is 8.41. The normalized spacial score (nSPS) is 13.2. The molecule has 1 aliphatic carbocycles. The molecule has 0 fully saturated rings. The van der Waals surface area contributed by atoms with E-state index in [4.69, 9.17) is 10.8 Å². The Kier molecular flexibility index (Phi) is 3.86. The van der Waals surface area contributed by atoms with Crippen LogP contribution in [0.15, 0.2) is 66.7 Å². The van der Waals surface area contributed by atoms with E-state index < -0.39 is 12.0 Å². The van der Waals surface area contributed by atoms with E-state index in [0.717, 1.165) is 17.5 Å². The quantitative estimate of drug-likeness (QED) is 0.597. The van der Waals surface area contributed by atoms with Crippen molar-refractivity contribution in [3.05, 3.63) is 83.4 Å². The van der Waals surface area contributed by atoms with Gasteiger partial charge in [0.05, 0.1) is 0 Å². The molecule has 0 unspecified atom stereocenters. The molecular weight excluding hydrogens is 310 g/mol. The molecule has 0 aromatic heterocycles. The van der Waals surface area contributed by atoms with Crippen molar-refractivity contribution < 1.29 is 9.90 Å². The SMILES string of the molecule is N[C@@H](Cc1ccc(-c2cccc3c2Cc2ccccc2-3)cc1)C(=O)O. The van der Waals surface area contributed by atoms with Crippen molar-refractivity contribution >= 4 is 5.97 Å². The Balaban J connectivity index is 1.67. The van der Waals surface area contributed by atoms with E-state index in [1.807, 2.05) is 12.1 Å². The second-order valence-corrected chi connectivity index (χ2v) is 6.51. The average Bonchev–Trinajstić information content (AvgIpc) is 3.01. The lowest BCUT2D eigenvalue weighted by atomic mass is 9.94. The first-order chi connectivity index (χ1) is 12.1. The highest BCUT2D eigenvalue weighted by Crippen LogP contribution is 2.41. The lowest BCUT2D eigenvalue weighted by molar-refractivity contribution is -0.138. The summed E-state index contributed by atoms with van der Waals surface area (Å²) in [5.74, 6) is -0.970. The molecule has 124 valence electrons. The number of benzene rings is 3. The van der Waals surface area contributed by atoms with Crippen molar-refractivity contribution in [2.24, 2.45) is 5.73 Å². The first-order valence-corrected chi connectivity index (χ1v) is 8.41. The number of aliphatic carboxylic acids is 1. The molecule has 0 radical (unpaired) electrons. The number of rotatable bonds is 4. The van der Waals surface area contributed by atoms with Crippen molar-refractivity contribution in [1.29, 1.82) is 0 Å². The molecule has 0 heterocycles. The summed E-state index contributed by atoms with van der Waals surface area (Å²) in [5.41, 5.74) is 14.3. The number of carbonyl (C=O) groups is 1. The highest BCUT2D eigenvalue weighted by atomic mass is 16.4. The van der Waals surface area contributed by atoms with E-state index in [9.17, 15) is 4.79 Å². The molecular formula is C22H19NO2. The van der Waals surface area contributed by atoms with Crippen LogP contribution in [0.5, 0.6) is 0 Å². The maximum absolute atomic E-state index is 10.9. The second-order valence-electron chi connectivity index (χ2n) is 6.51. The Labute approximate surface area is 146 Å². The van der Waals surface area contributed by atoms with Gasteiger partial charge in [-0.3, -0.25) is 4.79 Å². The molecule has 3 aromatic rings. The molecule has 4 rings (SSSR count). The van der Waals surface area contributed by atoms with Crippen LogP contribution in [0.4, 0.5) is 0 Å². The molecule has 1 aliphatic rings. The molecule has 3 heteroatoms. The maximum Gasteiger partial charge on any atom is 0.320 e. The van der Waals surface area contributed by atoms with Crippen LogP contribution in [-0.2, 0) is 17.6 Å². The molecule has 1 atom stereocenters. The zero-order valence-electron chi connectivity index (χ0n) is 13.8. The van der Waals surface area contributed by atoms with Crippen LogP contribution >= 0.6 is 0 Å². The minimum atomic E-state index is -0.970. The van der Waals surface area contributed by atoms with Crippen LogP contribution < -0.4 is 5.73 Å². The van der Waals surface area contributed by atoms with Gasteiger partial charge in [-0.2, -0.15) is 0 Å². The van der Waals surface area contributed by atoms with Crippen LogP contribution in [0.2, 0.25) is 0 Å². The molecule has 25 heavy (non-hydrogen) atoms.